The van der Waals surface area contributed by atoms with Crippen LogP contribution in [0.5, 0.6) is 5.75 Å². The van der Waals surface area contributed by atoms with E-state index < -0.39 is 0 Å². The van der Waals surface area contributed by atoms with Crippen LogP contribution in [0.2, 0.25) is 0 Å². The summed E-state index contributed by atoms with van der Waals surface area (Å²) in [6.07, 6.45) is 0. The fraction of sp³-hybridized carbons (Fsp3) is 0.200. The Balaban J connectivity index is 2.23. The van der Waals surface area contributed by atoms with Crippen LogP contribution >= 0.6 is 15.9 Å². The number of ether oxygens (including phenoxy) is 1. The monoisotopic (exact) mass is 323 g/mol. The number of methoxy groups -OCH3 is 1. The van der Waals surface area contributed by atoms with Crippen molar-refractivity contribution in [1.29, 1.82) is 0 Å². The van der Waals surface area contributed by atoms with E-state index in [4.69, 9.17) is 4.74 Å². The molecule has 0 amide bonds. The average molecular weight is 324 g/mol. The van der Waals surface area contributed by atoms with E-state index in [0.29, 0.717) is 6.54 Å². The van der Waals surface area contributed by atoms with Crippen molar-refractivity contribution in [1.82, 2.24) is 0 Å². The molecule has 0 atom stereocenters. The summed E-state index contributed by atoms with van der Waals surface area (Å²) in [5.74, 6) is 0.582. The molecule has 0 N–H and O–H groups in total. The van der Waals surface area contributed by atoms with E-state index in [1.807, 2.05) is 31.3 Å². The first kappa shape index (κ1) is 13.9. The number of rotatable bonds is 4. The number of nitrogens with zero attached hydrogens (tertiary/aromatic N) is 1. The van der Waals surface area contributed by atoms with Gasteiger partial charge in [-0.1, -0.05) is 34.1 Å². The van der Waals surface area contributed by atoms with Crippen LogP contribution < -0.4 is 9.64 Å². The maximum Gasteiger partial charge on any atom is 0.142 e. The highest BCUT2D eigenvalue weighted by molar-refractivity contribution is 9.10. The molecule has 0 saturated carbocycles. The maximum absolute atomic E-state index is 13.1. The Hall–Kier alpha value is -1.55. The number of para-hydroxylation sites is 2. The summed E-state index contributed by atoms with van der Waals surface area (Å²) in [5.41, 5.74) is 2.02. The minimum atomic E-state index is -0.240. The molecule has 0 bridgehead atoms. The summed E-state index contributed by atoms with van der Waals surface area (Å²) in [6, 6.07) is 12.5. The largest absolute Gasteiger partial charge is 0.495 e. The van der Waals surface area contributed by atoms with Crippen molar-refractivity contribution in [2.24, 2.45) is 0 Å². The molecule has 0 heterocycles. The van der Waals surface area contributed by atoms with Crippen LogP contribution in [0.1, 0.15) is 5.56 Å². The minimum Gasteiger partial charge on any atom is -0.495 e. The molecular weight excluding hydrogens is 309 g/mol. The summed E-state index contributed by atoms with van der Waals surface area (Å²) in [6.45, 7) is 0.668. The van der Waals surface area contributed by atoms with E-state index in [2.05, 4.69) is 20.8 Å². The lowest BCUT2D eigenvalue weighted by Gasteiger charge is -2.22. The molecule has 0 saturated heterocycles. The van der Waals surface area contributed by atoms with Gasteiger partial charge in [-0.05, 0) is 29.8 Å². The van der Waals surface area contributed by atoms with Crippen molar-refractivity contribution in [3.8, 4) is 5.75 Å². The molecule has 2 nitrogen and oxygen atoms in total. The van der Waals surface area contributed by atoms with Crippen molar-refractivity contribution in [3.05, 3.63) is 58.3 Å². The molecule has 0 aliphatic heterocycles. The number of halogens is 2. The summed E-state index contributed by atoms with van der Waals surface area (Å²) in [4.78, 5) is 2.07. The van der Waals surface area contributed by atoms with E-state index in [1.165, 1.54) is 12.1 Å². The number of hydrogen-bond donors (Lipinski definition) is 0. The zero-order chi connectivity index (χ0) is 13.8. The Morgan fingerprint density at radius 3 is 2.63 bits per heavy atom. The van der Waals surface area contributed by atoms with Crippen LogP contribution in [0, 0.1) is 5.82 Å². The zero-order valence-electron chi connectivity index (χ0n) is 10.9. The second-order valence-corrected chi connectivity index (χ2v) is 5.12. The minimum absolute atomic E-state index is 0.240. The number of benzene rings is 2. The van der Waals surface area contributed by atoms with Crippen LogP contribution in [-0.4, -0.2) is 14.2 Å². The van der Waals surface area contributed by atoms with Crippen LogP contribution in [0.4, 0.5) is 10.1 Å². The predicted molar refractivity (Wildman–Crippen MR) is 79.2 cm³/mol. The first-order chi connectivity index (χ1) is 9.11. The van der Waals surface area contributed by atoms with Gasteiger partial charge in [-0.15, -0.1) is 0 Å². The molecular formula is C15H15BrFNO. The summed E-state index contributed by atoms with van der Waals surface area (Å²) in [7, 11) is 3.63. The Morgan fingerprint density at radius 2 is 1.95 bits per heavy atom. The lowest BCUT2D eigenvalue weighted by molar-refractivity contribution is 0.415. The van der Waals surface area contributed by atoms with Crippen molar-refractivity contribution in [3.63, 3.8) is 0 Å². The van der Waals surface area contributed by atoms with Crippen LogP contribution in [0.15, 0.2) is 46.9 Å². The topological polar surface area (TPSA) is 12.5 Å². The van der Waals surface area contributed by atoms with Gasteiger partial charge in [0.05, 0.1) is 12.8 Å². The lowest BCUT2D eigenvalue weighted by Crippen LogP contribution is -2.17. The molecule has 0 fully saturated rings. The van der Waals surface area contributed by atoms with Gasteiger partial charge < -0.3 is 9.64 Å². The second-order valence-electron chi connectivity index (χ2n) is 4.26. The van der Waals surface area contributed by atoms with Gasteiger partial charge in [-0.3, -0.25) is 0 Å². The second kappa shape index (κ2) is 6.06. The van der Waals surface area contributed by atoms with E-state index >= 15 is 0 Å². The van der Waals surface area contributed by atoms with Gasteiger partial charge >= 0.3 is 0 Å². The third kappa shape index (κ3) is 3.26. The molecule has 0 aliphatic carbocycles. The fourth-order valence-corrected chi connectivity index (χ4v) is 2.41. The maximum atomic E-state index is 13.1. The zero-order valence-corrected chi connectivity index (χ0v) is 12.4. The van der Waals surface area contributed by atoms with Gasteiger partial charge in [-0.25, -0.2) is 4.39 Å². The van der Waals surface area contributed by atoms with E-state index in [0.717, 1.165) is 21.5 Å². The molecule has 2 rings (SSSR count). The lowest BCUT2D eigenvalue weighted by atomic mass is 10.2. The molecule has 2 aromatic carbocycles. The SMILES string of the molecule is COc1ccccc1N(C)Cc1ccc(F)cc1Br. The van der Waals surface area contributed by atoms with Gasteiger partial charge in [0.25, 0.3) is 0 Å². The predicted octanol–water partition coefficient (Wildman–Crippen LogP) is 4.23. The van der Waals surface area contributed by atoms with Crippen LogP contribution in [-0.2, 0) is 6.54 Å². The highest BCUT2D eigenvalue weighted by Crippen LogP contribution is 2.29. The molecule has 100 valence electrons. The fourth-order valence-electron chi connectivity index (χ4n) is 1.94. The van der Waals surface area contributed by atoms with Gasteiger partial charge in [0, 0.05) is 18.1 Å². The molecule has 0 spiro atoms. The van der Waals surface area contributed by atoms with E-state index in [9.17, 15) is 4.39 Å². The summed E-state index contributed by atoms with van der Waals surface area (Å²) >= 11 is 3.39. The quantitative estimate of drug-likeness (QED) is 0.834. The van der Waals surface area contributed by atoms with Crippen molar-refractivity contribution < 1.29 is 9.13 Å². The van der Waals surface area contributed by atoms with Crippen molar-refractivity contribution in [2.45, 2.75) is 6.54 Å². The molecule has 4 heteroatoms. The highest BCUT2D eigenvalue weighted by atomic mass is 79.9. The van der Waals surface area contributed by atoms with E-state index in [-0.39, 0.29) is 5.82 Å². The molecule has 19 heavy (non-hydrogen) atoms. The molecule has 2 aromatic rings. The smallest absolute Gasteiger partial charge is 0.142 e. The Kier molecular flexibility index (Phi) is 4.43. The van der Waals surface area contributed by atoms with E-state index in [1.54, 1.807) is 13.2 Å². The Bertz CT molecular complexity index is 574. The first-order valence-corrected chi connectivity index (χ1v) is 6.69. The molecule has 0 radical (unpaired) electrons. The normalized spacial score (nSPS) is 10.3. The van der Waals surface area contributed by atoms with Crippen LogP contribution in [0.25, 0.3) is 0 Å². The average Bonchev–Trinajstić information content (AvgIpc) is 2.41. The summed E-state index contributed by atoms with van der Waals surface area (Å²) in [5, 5.41) is 0. The Labute approximate surface area is 120 Å². The van der Waals surface area contributed by atoms with Gasteiger partial charge in [0.1, 0.15) is 11.6 Å². The van der Waals surface area contributed by atoms with Crippen molar-refractivity contribution in [2.75, 3.05) is 19.1 Å². The summed E-state index contributed by atoms with van der Waals surface area (Å²) < 4.78 is 19.2. The van der Waals surface area contributed by atoms with Crippen molar-refractivity contribution >= 4 is 21.6 Å². The Morgan fingerprint density at radius 1 is 1.21 bits per heavy atom. The standard InChI is InChI=1S/C15H15BrFNO/c1-18(14-5-3-4-6-15(14)19-2)10-11-7-8-12(17)9-13(11)16/h3-9H,10H2,1-2H3. The number of hydrogen-bond acceptors (Lipinski definition) is 2. The number of anilines is 1. The molecule has 0 aromatic heterocycles. The molecule has 0 unspecified atom stereocenters. The highest BCUT2D eigenvalue weighted by Gasteiger charge is 2.10. The third-order valence-electron chi connectivity index (χ3n) is 2.92. The van der Waals surface area contributed by atoms with Gasteiger partial charge in [-0.2, -0.15) is 0 Å². The van der Waals surface area contributed by atoms with Gasteiger partial charge in [0.2, 0.25) is 0 Å². The third-order valence-corrected chi connectivity index (χ3v) is 3.66. The molecule has 0 aliphatic rings. The van der Waals surface area contributed by atoms with Crippen LogP contribution in [0.3, 0.4) is 0 Å². The first-order valence-electron chi connectivity index (χ1n) is 5.90. The van der Waals surface area contributed by atoms with Gasteiger partial charge in [0.15, 0.2) is 0 Å².